The van der Waals surface area contributed by atoms with Crippen LogP contribution in [0.3, 0.4) is 0 Å². The van der Waals surface area contributed by atoms with E-state index in [2.05, 4.69) is 11.9 Å². The van der Waals surface area contributed by atoms with E-state index >= 15 is 0 Å². The molecule has 0 spiro atoms. The van der Waals surface area contributed by atoms with E-state index < -0.39 is 0 Å². The Hall–Kier alpha value is -0.280. The number of rotatable bonds is 4. The lowest BCUT2D eigenvalue weighted by Crippen LogP contribution is -2.37. The monoisotopic (exact) mass is 286 g/mol. The van der Waals surface area contributed by atoms with Crippen molar-refractivity contribution in [3.05, 3.63) is 33.8 Å². The van der Waals surface area contributed by atoms with Crippen molar-refractivity contribution in [1.29, 1.82) is 0 Å². The molecule has 1 aliphatic rings. The van der Waals surface area contributed by atoms with Crippen LogP contribution < -0.4 is 5.73 Å². The van der Waals surface area contributed by atoms with Gasteiger partial charge in [0.15, 0.2) is 0 Å². The van der Waals surface area contributed by atoms with E-state index in [1.165, 1.54) is 19.3 Å². The molecular weight excluding hydrogens is 267 g/mol. The lowest BCUT2D eigenvalue weighted by molar-refractivity contribution is 0.193. The second-order valence-corrected chi connectivity index (χ2v) is 6.06. The van der Waals surface area contributed by atoms with E-state index in [9.17, 15) is 0 Å². The van der Waals surface area contributed by atoms with Crippen LogP contribution in [0.25, 0.3) is 0 Å². The van der Waals surface area contributed by atoms with Crippen LogP contribution in [0.1, 0.15) is 24.8 Å². The Morgan fingerprint density at radius 2 is 1.89 bits per heavy atom. The first kappa shape index (κ1) is 14.1. The Labute approximate surface area is 119 Å². The topological polar surface area (TPSA) is 29.3 Å². The van der Waals surface area contributed by atoms with Gasteiger partial charge < -0.3 is 5.73 Å². The van der Waals surface area contributed by atoms with Crippen LogP contribution >= 0.6 is 23.2 Å². The van der Waals surface area contributed by atoms with Crippen LogP contribution in [0.15, 0.2) is 18.2 Å². The van der Waals surface area contributed by atoms with Gasteiger partial charge in [-0.15, -0.1) is 0 Å². The van der Waals surface area contributed by atoms with E-state index in [0.717, 1.165) is 18.7 Å². The first-order chi connectivity index (χ1) is 8.60. The summed E-state index contributed by atoms with van der Waals surface area (Å²) in [5.41, 5.74) is 7.00. The van der Waals surface area contributed by atoms with Crippen molar-refractivity contribution in [1.82, 2.24) is 4.90 Å². The third kappa shape index (κ3) is 3.39. The van der Waals surface area contributed by atoms with Gasteiger partial charge in [0.1, 0.15) is 0 Å². The van der Waals surface area contributed by atoms with Crippen molar-refractivity contribution in [3.8, 4) is 0 Å². The molecule has 2 unspecified atom stereocenters. The van der Waals surface area contributed by atoms with Crippen molar-refractivity contribution in [2.45, 2.75) is 31.8 Å². The molecule has 0 aromatic heterocycles. The fourth-order valence-corrected chi connectivity index (χ4v) is 3.55. The first-order valence-electron chi connectivity index (χ1n) is 6.45. The number of hydrogen-bond acceptors (Lipinski definition) is 2. The van der Waals surface area contributed by atoms with Crippen molar-refractivity contribution < 1.29 is 0 Å². The minimum atomic E-state index is 0.591. The zero-order chi connectivity index (χ0) is 13.1. The van der Waals surface area contributed by atoms with E-state index in [0.29, 0.717) is 22.0 Å². The molecule has 1 saturated carbocycles. The Morgan fingerprint density at radius 1 is 1.22 bits per heavy atom. The van der Waals surface area contributed by atoms with Gasteiger partial charge in [-0.25, -0.2) is 0 Å². The molecule has 0 saturated heterocycles. The maximum Gasteiger partial charge on any atom is 0.0424 e. The Morgan fingerprint density at radius 3 is 2.50 bits per heavy atom. The summed E-state index contributed by atoms with van der Waals surface area (Å²) in [7, 11) is 2.16. The zero-order valence-corrected chi connectivity index (χ0v) is 12.2. The number of nitrogens with two attached hydrogens (primary N) is 1. The molecule has 100 valence electrons. The van der Waals surface area contributed by atoms with Crippen molar-refractivity contribution in [2.24, 2.45) is 11.7 Å². The van der Waals surface area contributed by atoms with Gasteiger partial charge in [0.05, 0.1) is 0 Å². The van der Waals surface area contributed by atoms with Crippen LogP contribution in [0.4, 0.5) is 0 Å². The van der Waals surface area contributed by atoms with E-state index in [-0.39, 0.29) is 0 Å². The quantitative estimate of drug-likeness (QED) is 0.917. The zero-order valence-electron chi connectivity index (χ0n) is 10.7. The normalized spacial score (nSPS) is 23.8. The molecule has 1 aromatic carbocycles. The van der Waals surface area contributed by atoms with Crippen LogP contribution in [0, 0.1) is 5.92 Å². The first-order valence-corrected chi connectivity index (χ1v) is 7.21. The summed E-state index contributed by atoms with van der Waals surface area (Å²) < 4.78 is 0. The average molecular weight is 287 g/mol. The molecule has 2 atom stereocenters. The third-order valence-corrected chi connectivity index (χ3v) is 4.28. The van der Waals surface area contributed by atoms with Gasteiger partial charge >= 0.3 is 0 Å². The van der Waals surface area contributed by atoms with Crippen LogP contribution in [-0.2, 0) is 6.54 Å². The summed E-state index contributed by atoms with van der Waals surface area (Å²) in [6.45, 7) is 1.66. The summed E-state index contributed by atoms with van der Waals surface area (Å²) in [6, 6.07) is 6.32. The van der Waals surface area contributed by atoms with Crippen molar-refractivity contribution in [2.75, 3.05) is 13.6 Å². The predicted octanol–water partition coefficient (Wildman–Crippen LogP) is 3.55. The Bertz CT molecular complexity index is 389. The summed E-state index contributed by atoms with van der Waals surface area (Å²) in [5.74, 6) is 0.629. The maximum atomic E-state index is 6.03. The predicted molar refractivity (Wildman–Crippen MR) is 78.1 cm³/mol. The summed E-state index contributed by atoms with van der Waals surface area (Å²) in [4.78, 5) is 2.38. The summed E-state index contributed by atoms with van der Waals surface area (Å²) in [6.07, 6.45) is 3.78. The highest BCUT2D eigenvalue weighted by atomic mass is 35.5. The number of benzene rings is 1. The molecule has 0 radical (unpaired) electrons. The van der Waals surface area contributed by atoms with Gasteiger partial charge in [-0.05, 0) is 56.1 Å². The fraction of sp³-hybridized carbons (Fsp3) is 0.571. The molecule has 0 amide bonds. The molecule has 18 heavy (non-hydrogen) atoms. The van der Waals surface area contributed by atoms with Gasteiger partial charge in [-0.2, -0.15) is 0 Å². The van der Waals surface area contributed by atoms with Gasteiger partial charge in [-0.3, -0.25) is 4.90 Å². The van der Waals surface area contributed by atoms with Gasteiger partial charge in [0.2, 0.25) is 0 Å². The summed E-state index contributed by atoms with van der Waals surface area (Å²) >= 11 is 12.1. The van der Waals surface area contributed by atoms with Crippen LogP contribution in [-0.4, -0.2) is 24.5 Å². The van der Waals surface area contributed by atoms with Crippen LogP contribution in [0.5, 0.6) is 0 Å². The molecule has 1 aromatic rings. The van der Waals surface area contributed by atoms with Gasteiger partial charge in [0, 0.05) is 22.6 Å². The lowest BCUT2D eigenvalue weighted by atomic mass is 10.0. The fourth-order valence-electron chi connectivity index (χ4n) is 2.98. The van der Waals surface area contributed by atoms with E-state index in [4.69, 9.17) is 28.9 Å². The second-order valence-electron chi connectivity index (χ2n) is 5.19. The highest BCUT2D eigenvalue weighted by Crippen LogP contribution is 2.30. The Balaban J connectivity index is 2.04. The lowest BCUT2D eigenvalue weighted by Gasteiger charge is -2.29. The maximum absolute atomic E-state index is 6.03. The highest BCUT2D eigenvalue weighted by molar-refractivity contribution is 6.34. The highest BCUT2D eigenvalue weighted by Gasteiger charge is 2.29. The molecule has 2 nitrogen and oxygen atoms in total. The molecule has 4 heteroatoms. The number of nitrogens with zero attached hydrogens (tertiary/aromatic N) is 1. The van der Waals surface area contributed by atoms with E-state index in [1.807, 2.05) is 12.1 Å². The number of halogens is 2. The molecule has 1 aliphatic carbocycles. The van der Waals surface area contributed by atoms with E-state index in [1.54, 1.807) is 6.07 Å². The molecule has 2 rings (SSSR count). The molecule has 1 fully saturated rings. The Kier molecular flexibility index (Phi) is 4.91. The molecule has 0 aliphatic heterocycles. The minimum absolute atomic E-state index is 0.591. The standard InChI is InChI=1S/C14H20Cl2N2/c1-18(14-4-2-3-11(14)8-17)9-10-5-12(15)7-13(16)6-10/h5-7,11,14H,2-4,8-9,17H2,1H3. The number of hydrogen-bond donors (Lipinski definition) is 1. The van der Waals surface area contributed by atoms with Gasteiger partial charge in [0.25, 0.3) is 0 Å². The molecular formula is C14H20Cl2N2. The smallest absolute Gasteiger partial charge is 0.0424 e. The van der Waals surface area contributed by atoms with Crippen molar-refractivity contribution >= 4 is 23.2 Å². The van der Waals surface area contributed by atoms with Crippen molar-refractivity contribution in [3.63, 3.8) is 0 Å². The third-order valence-electron chi connectivity index (χ3n) is 3.84. The second kappa shape index (κ2) is 6.25. The largest absolute Gasteiger partial charge is 0.330 e. The SMILES string of the molecule is CN(Cc1cc(Cl)cc(Cl)c1)C1CCCC1CN. The minimum Gasteiger partial charge on any atom is -0.330 e. The van der Waals surface area contributed by atoms with Gasteiger partial charge in [-0.1, -0.05) is 29.6 Å². The molecule has 0 bridgehead atoms. The molecule has 0 heterocycles. The average Bonchev–Trinajstić information content (AvgIpc) is 2.75. The molecule has 2 N–H and O–H groups in total. The van der Waals surface area contributed by atoms with Crippen LogP contribution in [0.2, 0.25) is 10.0 Å². The summed E-state index contributed by atoms with van der Waals surface area (Å²) in [5, 5.41) is 1.40.